The number of rotatable bonds is 3. The fourth-order valence-electron chi connectivity index (χ4n) is 1.48. The number of carboxylic acids is 1. The summed E-state index contributed by atoms with van der Waals surface area (Å²) in [6, 6.07) is 1.80. The fraction of sp³-hybridized carbons (Fsp3) is 0.455. The summed E-state index contributed by atoms with van der Waals surface area (Å²) in [5.41, 5.74) is 0.0680. The van der Waals surface area contributed by atoms with E-state index in [0.29, 0.717) is 17.7 Å². The van der Waals surface area contributed by atoms with Crippen molar-refractivity contribution in [3.05, 3.63) is 21.4 Å². The maximum absolute atomic E-state index is 11.8. The molecule has 1 amide bonds. The highest BCUT2D eigenvalue weighted by molar-refractivity contribution is 7.14. The number of carbonyl (C=O) groups excluding carboxylic acids is 1. The highest BCUT2D eigenvalue weighted by Crippen LogP contribution is 2.36. The number of aliphatic carboxylic acids is 1. The number of carbonyl (C=O) groups is 2. The van der Waals surface area contributed by atoms with Crippen LogP contribution in [0.5, 0.6) is 0 Å². The Morgan fingerprint density at radius 2 is 2.06 bits per heavy atom. The smallest absolute Gasteiger partial charge is 0.329 e. The van der Waals surface area contributed by atoms with Crippen LogP contribution < -0.4 is 5.32 Å². The van der Waals surface area contributed by atoms with Crippen LogP contribution in [-0.2, 0) is 4.79 Å². The fourth-order valence-corrected chi connectivity index (χ4v) is 2.41. The molecule has 0 atom stereocenters. The molecule has 1 aliphatic rings. The number of nitrogens with one attached hydrogen (secondary N) is 1. The third-order valence-electron chi connectivity index (χ3n) is 2.90. The Kier molecular flexibility index (Phi) is 2.50. The molecule has 86 valence electrons. The van der Waals surface area contributed by atoms with Gasteiger partial charge < -0.3 is 10.4 Å². The first-order valence-corrected chi connectivity index (χ1v) is 5.89. The number of carboxylic acid groups (broad SMARTS) is 1. The lowest BCUT2D eigenvalue weighted by Gasteiger charge is -2.10. The molecule has 2 N–H and O–H groups in total. The lowest BCUT2D eigenvalue weighted by Crippen LogP contribution is -2.42. The van der Waals surface area contributed by atoms with E-state index in [1.54, 1.807) is 6.07 Å². The van der Waals surface area contributed by atoms with Crippen LogP contribution in [0.4, 0.5) is 0 Å². The zero-order valence-electron chi connectivity index (χ0n) is 9.16. The van der Waals surface area contributed by atoms with Gasteiger partial charge in [-0.3, -0.25) is 4.79 Å². The largest absolute Gasteiger partial charge is 0.480 e. The molecule has 0 spiro atoms. The van der Waals surface area contributed by atoms with Crippen LogP contribution in [0.3, 0.4) is 0 Å². The van der Waals surface area contributed by atoms with E-state index in [0.717, 1.165) is 10.4 Å². The first-order chi connectivity index (χ1) is 7.44. The quantitative estimate of drug-likeness (QED) is 0.843. The summed E-state index contributed by atoms with van der Waals surface area (Å²) in [6.45, 7) is 3.88. The Morgan fingerprint density at radius 1 is 1.44 bits per heavy atom. The minimum atomic E-state index is -0.997. The monoisotopic (exact) mass is 239 g/mol. The SMILES string of the molecule is Cc1cc(C(=O)NC2(C(=O)O)CC2)sc1C. The molecule has 0 radical (unpaired) electrons. The van der Waals surface area contributed by atoms with Gasteiger partial charge in [-0.2, -0.15) is 0 Å². The lowest BCUT2D eigenvalue weighted by atomic mass is 10.2. The summed E-state index contributed by atoms with van der Waals surface area (Å²) in [4.78, 5) is 24.4. The third-order valence-corrected chi connectivity index (χ3v) is 4.05. The van der Waals surface area contributed by atoms with Crippen LogP contribution >= 0.6 is 11.3 Å². The van der Waals surface area contributed by atoms with Gasteiger partial charge in [0.1, 0.15) is 5.54 Å². The van der Waals surface area contributed by atoms with Crippen molar-refractivity contribution < 1.29 is 14.7 Å². The summed E-state index contributed by atoms with van der Waals surface area (Å²) in [5, 5.41) is 11.5. The number of amides is 1. The molecule has 4 nitrogen and oxygen atoms in total. The van der Waals surface area contributed by atoms with E-state index in [2.05, 4.69) is 5.32 Å². The Balaban J connectivity index is 2.12. The molecule has 1 heterocycles. The first-order valence-electron chi connectivity index (χ1n) is 5.07. The average Bonchev–Trinajstić information content (AvgIpc) is 2.90. The van der Waals surface area contributed by atoms with Crippen molar-refractivity contribution in [1.82, 2.24) is 5.32 Å². The Bertz CT molecular complexity index is 440. The normalized spacial score (nSPS) is 16.9. The average molecular weight is 239 g/mol. The van der Waals surface area contributed by atoms with E-state index in [1.807, 2.05) is 13.8 Å². The zero-order chi connectivity index (χ0) is 11.9. The Hall–Kier alpha value is -1.36. The molecule has 0 saturated heterocycles. The van der Waals surface area contributed by atoms with Gasteiger partial charge in [-0.25, -0.2) is 4.79 Å². The van der Waals surface area contributed by atoms with E-state index in [9.17, 15) is 9.59 Å². The standard InChI is InChI=1S/C11H13NO3S/c1-6-5-8(16-7(6)2)9(13)12-11(3-4-11)10(14)15/h5H,3-4H2,1-2H3,(H,12,13)(H,14,15). The van der Waals surface area contributed by atoms with Crippen molar-refractivity contribution in [1.29, 1.82) is 0 Å². The van der Waals surface area contributed by atoms with Crippen molar-refractivity contribution in [2.45, 2.75) is 32.2 Å². The number of thiophene rings is 1. The van der Waals surface area contributed by atoms with Crippen LogP contribution in [0, 0.1) is 13.8 Å². The minimum Gasteiger partial charge on any atom is -0.480 e. The Morgan fingerprint density at radius 3 is 2.44 bits per heavy atom. The van der Waals surface area contributed by atoms with Crippen molar-refractivity contribution in [3.63, 3.8) is 0 Å². The van der Waals surface area contributed by atoms with Crippen molar-refractivity contribution in [2.75, 3.05) is 0 Å². The topological polar surface area (TPSA) is 66.4 Å². The lowest BCUT2D eigenvalue weighted by molar-refractivity contribution is -0.140. The number of aryl methyl sites for hydroxylation is 2. The molecule has 2 rings (SSSR count). The number of hydrogen-bond acceptors (Lipinski definition) is 3. The predicted octanol–water partition coefficient (Wildman–Crippen LogP) is 1.71. The molecule has 1 saturated carbocycles. The van der Waals surface area contributed by atoms with Crippen molar-refractivity contribution in [3.8, 4) is 0 Å². The highest BCUT2D eigenvalue weighted by Gasteiger charge is 2.51. The molecule has 1 fully saturated rings. The maximum atomic E-state index is 11.8. The molecule has 1 aromatic rings. The van der Waals surface area contributed by atoms with E-state index in [4.69, 9.17) is 5.11 Å². The second-order valence-electron chi connectivity index (χ2n) is 4.19. The van der Waals surface area contributed by atoms with Gasteiger partial charge in [0.15, 0.2) is 0 Å². The predicted molar refractivity (Wildman–Crippen MR) is 60.9 cm³/mol. The molecular formula is C11H13NO3S. The summed E-state index contributed by atoms with van der Waals surface area (Å²) < 4.78 is 0. The minimum absolute atomic E-state index is 0.277. The van der Waals surface area contributed by atoms with Gasteiger partial charge in [0.2, 0.25) is 0 Å². The molecular weight excluding hydrogens is 226 g/mol. The summed E-state index contributed by atoms with van der Waals surface area (Å²) in [5.74, 6) is -1.22. The second-order valence-corrected chi connectivity index (χ2v) is 5.45. The van der Waals surface area contributed by atoms with Gasteiger partial charge in [-0.05, 0) is 38.3 Å². The van der Waals surface area contributed by atoms with Gasteiger partial charge >= 0.3 is 5.97 Å². The molecule has 1 aliphatic carbocycles. The molecule has 0 bridgehead atoms. The maximum Gasteiger partial charge on any atom is 0.329 e. The summed E-state index contributed by atoms with van der Waals surface area (Å²) >= 11 is 1.40. The van der Waals surface area contributed by atoms with Crippen molar-refractivity contribution in [2.24, 2.45) is 0 Å². The van der Waals surface area contributed by atoms with Gasteiger partial charge in [0, 0.05) is 4.88 Å². The molecule has 1 aromatic heterocycles. The van der Waals surface area contributed by atoms with Crippen LogP contribution in [0.2, 0.25) is 0 Å². The van der Waals surface area contributed by atoms with Gasteiger partial charge in [0.05, 0.1) is 4.88 Å². The summed E-state index contributed by atoms with van der Waals surface area (Å²) in [6.07, 6.45) is 1.05. The van der Waals surface area contributed by atoms with Crippen LogP contribution in [0.25, 0.3) is 0 Å². The van der Waals surface area contributed by atoms with Gasteiger partial charge in [0.25, 0.3) is 5.91 Å². The summed E-state index contributed by atoms with van der Waals surface area (Å²) in [7, 11) is 0. The van der Waals surface area contributed by atoms with Crippen LogP contribution in [-0.4, -0.2) is 22.5 Å². The molecule has 0 aliphatic heterocycles. The van der Waals surface area contributed by atoms with E-state index in [1.165, 1.54) is 11.3 Å². The molecule has 5 heteroatoms. The second kappa shape index (κ2) is 3.59. The molecule has 16 heavy (non-hydrogen) atoms. The third kappa shape index (κ3) is 1.82. The van der Waals surface area contributed by atoms with Crippen molar-refractivity contribution >= 4 is 23.2 Å². The molecule has 0 unspecified atom stereocenters. The van der Waals surface area contributed by atoms with Crippen LogP contribution in [0.1, 0.15) is 33.0 Å². The Labute approximate surface area is 97.3 Å². The first kappa shape index (κ1) is 11.1. The van der Waals surface area contributed by atoms with E-state index < -0.39 is 11.5 Å². The van der Waals surface area contributed by atoms with E-state index >= 15 is 0 Å². The van der Waals surface area contributed by atoms with Gasteiger partial charge in [-0.15, -0.1) is 11.3 Å². The highest BCUT2D eigenvalue weighted by atomic mass is 32.1. The van der Waals surface area contributed by atoms with Gasteiger partial charge in [-0.1, -0.05) is 0 Å². The number of hydrogen-bond donors (Lipinski definition) is 2. The molecule has 0 aromatic carbocycles. The zero-order valence-corrected chi connectivity index (χ0v) is 9.98. The van der Waals surface area contributed by atoms with E-state index in [-0.39, 0.29) is 5.91 Å². The van der Waals surface area contributed by atoms with Crippen LogP contribution in [0.15, 0.2) is 6.07 Å².